The quantitative estimate of drug-likeness (QED) is 0.353. The molecule has 0 unspecified atom stereocenters. The lowest BCUT2D eigenvalue weighted by Gasteiger charge is -2.21. The third-order valence-corrected chi connectivity index (χ3v) is 5.86. The molecule has 0 aromatic heterocycles. The standard InChI is InChI=1S/C23H28FN3OS/c24-22-13-20(11-12-21(22)16-28-15-18-7-3-1-4-8-18)14-26-27-23(25)29-17-19-9-5-2-6-10-19/h2,5-6,9-14,18H,1,3-4,7-8,15-17H2,(H2,25,27). The van der Waals surface area contributed by atoms with Crippen molar-refractivity contribution in [2.45, 2.75) is 44.5 Å². The average Bonchev–Trinajstić information content (AvgIpc) is 2.75. The maximum atomic E-state index is 14.3. The van der Waals surface area contributed by atoms with Gasteiger partial charge in [0.15, 0.2) is 5.17 Å². The highest BCUT2D eigenvalue weighted by atomic mass is 32.2. The van der Waals surface area contributed by atoms with E-state index in [0.717, 1.165) is 12.4 Å². The molecule has 29 heavy (non-hydrogen) atoms. The van der Waals surface area contributed by atoms with Gasteiger partial charge in [-0.05, 0) is 36.0 Å². The van der Waals surface area contributed by atoms with Crippen LogP contribution in [0.1, 0.15) is 48.8 Å². The first kappa shape index (κ1) is 21.5. The summed E-state index contributed by atoms with van der Waals surface area (Å²) in [5, 5.41) is 8.31. The normalized spacial score (nSPS) is 15.8. The molecule has 1 aliphatic rings. The predicted molar refractivity (Wildman–Crippen MR) is 120 cm³/mol. The monoisotopic (exact) mass is 413 g/mol. The number of halogens is 1. The van der Waals surface area contributed by atoms with Gasteiger partial charge >= 0.3 is 0 Å². The molecule has 0 heterocycles. The van der Waals surface area contributed by atoms with Crippen molar-refractivity contribution < 1.29 is 9.13 Å². The molecule has 3 rings (SSSR count). The minimum absolute atomic E-state index is 0.284. The summed E-state index contributed by atoms with van der Waals surface area (Å²) < 4.78 is 20.0. The summed E-state index contributed by atoms with van der Waals surface area (Å²) in [6.07, 6.45) is 7.86. The van der Waals surface area contributed by atoms with Gasteiger partial charge < -0.3 is 10.5 Å². The first-order valence-corrected chi connectivity index (χ1v) is 11.1. The molecular formula is C23H28FN3OS. The fraction of sp³-hybridized carbons (Fsp3) is 0.391. The Morgan fingerprint density at radius 2 is 1.93 bits per heavy atom. The van der Waals surface area contributed by atoms with Crippen molar-refractivity contribution in [2.75, 3.05) is 6.61 Å². The van der Waals surface area contributed by atoms with Gasteiger partial charge in [-0.25, -0.2) is 4.39 Å². The molecule has 0 spiro atoms. The fourth-order valence-corrected chi connectivity index (χ4v) is 3.97. The molecule has 1 fully saturated rings. The summed E-state index contributed by atoms with van der Waals surface area (Å²) in [5.41, 5.74) is 8.24. The molecule has 0 amide bonds. The molecular weight excluding hydrogens is 385 g/mol. The molecule has 0 saturated heterocycles. The van der Waals surface area contributed by atoms with Gasteiger partial charge in [0.25, 0.3) is 0 Å². The van der Waals surface area contributed by atoms with Gasteiger partial charge in [0.1, 0.15) is 5.82 Å². The van der Waals surface area contributed by atoms with Gasteiger partial charge in [-0.15, -0.1) is 5.10 Å². The van der Waals surface area contributed by atoms with E-state index in [0.29, 0.717) is 28.8 Å². The number of amidine groups is 1. The second kappa shape index (κ2) is 11.7. The smallest absolute Gasteiger partial charge is 0.180 e. The Bertz CT molecular complexity index is 820. The average molecular weight is 414 g/mol. The van der Waals surface area contributed by atoms with Crippen molar-refractivity contribution in [1.82, 2.24) is 0 Å². The molecule has 0 atom stereocenters. The highest BCUT2D eigenvalue weighted by Gasteiger charge is 2.13. The van der Waals surface area contributed by atoms with Gasteiger partial charge in [0, 0.05) is 17.9 Å². The van der Waals surface area contributed by atoms with Crippen molar-refractivity contribution in [3.63, 3.8) is 0 Å². The van der Waals surface area contributed by atoms with Gasteiger partial charge in [-0.2, -0.15) is 5.10 Å². The predicted octanol–water partition coefficient (Wildman–Crippen LogP) is 5.50. The second-order valence-electron chi connectivity index (χ2n) is 7.33. The van der Waals surface area contributed by atoms with Gasteiger partial charge in [-0.3, -0.25) is 0 Å². The number of thioether (sulfide) groups is 1. The number of nitrogens with zero attached hydrogens (tertiary/aromatic N) is 2. The third kappa shape index (κ3) is 7.63. The van der Waals surface area contributed by atoms with Crippen LogP contribution >= 0.6 is 11.8 Å². The van der Waals surface area contributed by atoms with Crippen molar-refractivity contribution in [3.05, 3.63) is 71.0 Å². The molecule has 6 heteroatoms. The molecule has 4 nitrogen and oxygen atoms in total. The van der Waals surface area contributed by atoms with Crippen LogP contribution in [-0.4, -0.2) is 18.0 Å². The van der Waals surface area contributed by atoms with Gasteiger partial charge in [0.05, 0.1) is 12.8 Å². The van der Waals surface area contributed by atoms with Crippen LogP contribution in [0.3, 0.4) is 0 Å². The molecule has 2 aromatic carbocycles. The van der Waals surface area contributed by atoms with Gasteiger partial charge in [0.2, 0.25) is 0 Å². The molecule has 2 aromatic rings. The summed E-state index contributed by atoms with van der Waals surface area (Å²) in [6.45, 7) is 1.03. The second-order valence-corrected chi connectivity index (χ2v) is 8.32. The minimum atomic E-state index is -0.284. The topological polar surface area (TPSA) is 60.0 Å². The SMILES string of the molecule is NC(=NN=Cc1ccc(COCC2CCCCC2)c(F)c1)SCc1ccccc1. The van der Waals surface area contributed by atoms with Crippen LogP contribution in [0.4, 0.5) is 4.39 Å². The third-order valence-electron chi connectivity index (χ3n) is 5.01. The number of rotatable bonds is 8. The van der Waals surface area contributed by atoms with Crippen molar-refractivity contribution in [1.29, 1.82) is 0 Å². The zero-order chi connectivity index (χ0) is 20.3. The number of nitrogens with two attached hydrogens (primary N) is 1. The van der Waals surface area contributed by atoms with Crippen LogP contribution in [0.25, 0.3) is 0 Å². The first-order chi connectivity index (χ1) is 14.2. The number of hydrogen-bond donors (Lipinski definition) is 1. The van der Waals surface area contributed by atoms with E-state index in [1.165, 1.54) is 61.7 Å². The van der Waals surface area contributed by atoms with E-state index < -0.39 is 0 Å². The largest absolute Gasteiger partial charge is 0.377 e. The summed E-state index contributed by atoms with van der Waals surface area (Å²) in [5.74, 6) is 1.07. The molecule has 0 aliphatic heterocycles. The van der Waals surface area contributed by atoms with E-state index >= 15 is 0 Å². The molecule has 0 bridgehead atoms. The van der Waals surface area contributed by atoms with E-state index in [1.54, 1.807) is 6.07 Å². The van der Waals surface area contributed by atoms with Crippen LogP contribution in [-0.2, 0) is 17.1 Å². The summed E-state index contributed by atoms with van der Waals surface area (Å²) in [4.78, 5) is 0. The number of ether oxygens (including phenoxy) is 1. The van der Waals surface area contributed by atoms with Crippen LogP contribution in [0.15, 0.2) is 58.7 Å². The lowest BCUT2D eigenvalue weighted by atomic mass is 9.90. The zero-order valence-corrected chi connectivity index (χ0v) is 17.4. The molecule has 0 radical (unpaired) electrons. The van der Waals surface area contributed by atoms with E-state index in [-0.39, 0.29) is 5.82 Å². The Morgan fingerprint density at radius 1 is 1.14 bits per heavy atom. The summed E-state index contributed by atoms with van der Waals surface area (Å²) in [6, 6.07) is 15.0. The Kier molecular flexibility index (Phi) is 8.71. The number of hydrogen-bond acceptors (Lipinski definition) is 4. The Hall–Kier alpha value is -2.18. The van der Waals surface area contributed by atoms with E-state index in [4.69, 9.17) is 10.5 Å². The van der Waals surface area contributed by atoms with E-state index in [1.807, 2.05) is 36.4 Å². The van der Waals surface area contributed by atoms with Gasteiger partial charge in [-0.1, -0.05) is 73.5 Å². The van der Waals surface area contributed by atoms with E-state index in [9.17, 15) is 4.39 Å². The molecule has 2 N–H and O–H groups in total. The Balaban J connectivity index is 1.44. The van der Waals surface area contributed by atoms with Crippen LogP contribution in [0.2, 0.25) is 0 Å². The molecule has 1 saturated carbocycles. The first-order valence-electron chi connectivity index (χ1n) is 10.1. The summed E-state index contributed by atoms with van der Waals surface area (Å²) >= 11 is 1.41. The molecule has 1 aliphatic carbocycles. The van der Waals surface area contributed by atoms with Crippen LogP contribution < -0.4 is 5.73 Å². The zero-order valence-electron chi connectivity index (χ0n) is 16.6. The molecule has 154 valence electrons. The number of benzene rings is 2. The minimum Gasteiger partial charge on any atom is -0.377 e. The van der Waals surface area contributed by atoms with Crippen molar-refractivity contribution in [2.24, 2.45) is 21.9 Å². The summed E-state index contributed by atoms with van der Waals surface area (Å²) in [7, 11) is 0. The Morgan fingerprint density at radius 3 is 2.69 bits per heavy atom. The lowest BCUT2D eigenvalue weighted by molar-refractivity contribution is 0.0723. The van der Waals surface area contributed by atoms with Crippen LogP contribution in [0.5, 0.6) is 0 Å². The van der Waals surface area contributed by atoms with Crippen LogP contribution in [0, 0.1) is 11.7 Å². The van der Waals surface area contributed by atoms with Crippen molar-refractivity contribution in [3.8, 4) is 0 Å². The Labute approximate surface area is 176 Å². The highest BCUT2D eigenvalue weighted by molar-refractivity contribution is 8.13. The van der Waals surface area contributed by atoms with Crippen molar-refractivity contribution >= 4 is 23.1 Å². The lowest BCUT2D eigenvalue weighted by Crippen LogP contribution is -2.13. The maximum absolute atomic E-state index is 14.3. The fourth-order valence-electron chi connectivity index (χ4n) is 3.36. The van der Waals surface area contributed by atoms with E-state index in [2.05, 4.69) is 10.2 Å². The highest BCUT2D eigenvalue weighted by Crippen LogP contribution is 2.24. The maximum Gasteiger partial charge on any atom is 0.180 e.